The van der Waals surface area contributed by atoms with Crippen molar-refractivity contribution in [1.82, 2.24) is 10.6 Å². The average Bonchev–Trinajstić information content (AvgIpc) is 3.13. The average molecular weight is 381 g/mol. The highest BCUT2D eigenvalue weighted by atomic mass is 35.5. The number of carbonyl (C=O) groups is 2. The Morgan fingerprint density at radius 2 is 1.92 bits per heavy atom. The lowest BCUT2D eigenvalue weighted by molar-refractivity contribution is -0.123. The molecule has 5 nitrogen and oxygen atoms in total. The third kappa shape index (κ3) is 5.83. The monoisotopic (exact) mass is 380 g/mol. The molecule has 0 aliphatic heterocycles. The predicted molar refractivity (Wildman–Crippen MR) is 101 cm³/mol. The largest absolute Gasteiger partial charge is 0.459 e. The number of nitrogens with one attached hydrogen (secondary N) is 2. The molecule has 0 aliphatic carbocycles. The van der Waals surface area contributed by atoms with E-state index in [2.05, 4.69) is 10.6 Å². The van der Waals surface area contributed by atoms with Gasteiger partial charge in [0, 0.05) is 5.02 Å². The van der Waals surface area contributed by atoms with Crippen LogP contribution >= 0.6 is 23.4 Å². The first-order valence-electron chi connectivity index (χ1n) is 7.90. The summed E-state index contributed by atoms with van der Waals surface area (Å²) in [5, 5.41) is 6.32. The maximum atomic E-state index is 12.6. The van der Waals surface area contributed by atoms with Gasteiger partial charge in [-0.2, -0.15) is 11.8 Å². The normalized spacial score (nSPS) is 13.1. The Kier molecular flexibility index (Phi) is 7.40. The molecule has 2 unspecified atom stereocenters. The number of hydrogen-bond acceptors (Lipinski definition) is 4. The third-order valence-electron chi connectivity index (χ3n) is 3.71. The Labute approximate surface area is 156 Å². The van der Waals surface area contributed by atoms with Gasteiger partial charge in [-0.05, 0) is 55.2 Å². The first kappa shape index (κ1) is 19.4. The van der Waals surface area contributed by atoms with Crippen LogP contribution in [0.25, 0.3) is 0 Å². The van der Waals surface area contributed by atoms with E-state index in [1.807, 2.05) is 25.3 Å². The van der Waals surface area contributed by atoms with E-state index in [0.29, 0.717) is 11.4 Å². The summed E-state index contributed by atoms with van der Waals surface area (Å²) in [6, 6.07) is 9.68. The Morgan fingerprint density at radius 1 is 1.20 bits per heavy atom. The summed E-state index contributed by atoms with van der Waals surface area (Å²) < 4.78 is 5.08. The van der Waals surface area contributed by atoms with E-state index < -0.39 is 11.9 Å². The molecule has 2 amide bonds. The fourth-order valence-corrected chi connectivity index (χ4v) is 2.89. The van der Waals surface area contributed by atoms with Crippen LogP contribution in [-0.4, -0.2) is 29.9 Å². The lowest BCUT2D eigenvalue weighted by atomic mass is 10.1. The molecule has 0 bridgehead atoms. The molecule has 0 saturated heterocycles. The van der Waals surface area contributed by atoms with Gasteiger partial charge in [0.2, 0.25) is 5.91 Å². The molecule has 0 saturated carbocycles. The van der Waals surface area contributed by atoms with Gasteiger partial charge in [0.15, 0.2) is 5.76 Å². The smallest absolute Gasteiger partial charge is 0.287 e. The van der Waals surface area contributed by atoms with Crippen LogP contribution in [0.3, 0.4) is 0 Å². The van der Waals surface area contributed by atoms with E-state index in [4.69, 9.17) is 16.0 Å². The minimum atomic E-state index is -0.625. The quantitative estimate of drug-likeness (QED) is 0.733. The molecule has 2 aromatic rings. The highest BCUT2D eigenvalue weighted by Gasteiger charge is 2.23. The van der Waals surface area contributed by atoms with Gasteiger partial charge in [0.1, 0.15) is 6.04 Å². The Hall–Kier alpha value is -1.92. The molecular formula is C18H21ClN2O3S. The van der Waals surface area contributed by atoms with Crippen molar-refractivity contribution in [3.8, 4) is 0 Å². The number of amides is 2. The summed E-state index contributed by atoms with van der Waals surface area (Å²) in [6.07, 6.45) is 3.92. The van der Waals surface area contributed by atoms with Crippen molar-refractivity contribution in [2.75, 3.05) is 12.0 Å². The maximum Gasteiger partial charge on any atom is 0.287 e. The van der Waals surface area contributed by atoms with Crippen molar-refractivity contribution in [2.24, 2.45) is 0 Å². The predicted octanol–water partition coefficient (Wildman–Crippen LogP) is 3.66. The summed E-state index contributed by atoms with van der Waals surface area (Å²) in [6.45, 7) is 1.89. The number of halogens is 1. The van der Waals surface area contributed by atoms with E-state index in [0.717, 1.165) is 11.3 Å². The lowest BCUT2D eigenvalue weighted by Crippen LogP contribution is -2.47. The van der Waals surface area contributed by atoms with Crippen molar-refractivity contribution in [2.45, 2.75) is 25.4 Å². The van der Waals surface area contributed by atoms with Crippen LogP contribution in [0.2, 0.25) is 5.02 Å². The topological polar surface area (TPSA) is 71.3 Å². The molecule has 134 valence electrons. The molecule has 1 aromatic carbocycles. The number of carbonyl (C=O) groups excluding carboxylic acids is 2. The van der Waals surface area contributed by atoms with E-state index in [1.54, 1.807) is 36.0 Å². The zero-order chi connectivity index (χ0) is 18.2. The van der Waals surface area contributed by atoms with Crippen LogP contribution in [0.4, 0.5) is 0 Å². The third-order valence-corrected chi connectivity index (χ3v) is 4.60. The van der Waals surface area contributed by atoms with Gasteiger partial charge < -0.3 is 15.1 Å². The molecule has 0 spiro atoms. The number of thioether (sulfide) groups is 1. The Bertz CT molecular complexity index is 689. The lowest BCUT2D eigenvalue weighted by Gasteiger charge is -2.21. The second-order valence-corrected chi connectivity index (χ2v) is 6.99. The van der Waals surface area contributed by atoms with Crippen molar-refractivity contribution in [1.29, 1.82) is 0 Å². The number of furan rings is 1. The summed E-state index contributed by atoms with van der Waals surface area (Å²) >= 11 is 7.51. The van der Waals surface area contributed by atoms with Crippen LogP contribution in [0, 0.1) is 0 Å². The first-order chi connectivity index (χ1) is 12.0. The van der Waals surface area contributed by atoms with Crippen LogP contribution in [0.1, 0.15) is 35.5 Å². The van der Waals surface area contributed by atoms with Gasteiger partial charge in [-0.25, -0.2) is 0 Å². The summed E-state index contributed by atoms with van der Waals surface area (Å²) in [5.74, 6) is 0.320. The molecule has 25 heavy (non-hydrogen) atoms. The zero-order valence-electron chi connectivity index (χ0n) is 14.1. The summed E-state index contributed by atoms with van der Waals surface area (Å²) in [5.41, 5.74) is 0.943. The number of benzene rings is 1. The fraction of sp³-hybridized carbons (Fsp3) is 0.333. The van der Waals surface area contributed by atoms with Gasteiger partial charge in [0.05, 0.1) is 12.3 Å². The molecule has 0 fully saturated rings. The molecule has 1 aromatic heterocycles. The zero-order valence-corrected chi connectivity index (χ0v) is 15.7. The molecule has 2 rings (SSSR count). The van der Waals surface area contributed by atoms with Crippen LogP contribution in [0.15, 0.2) is 47.1 Å². The van der Waals surface area contributed by atoms with Gasteiger partial charge in [-0.3, -0.25) is 9.59 Å². The van der Waals surface area contributed by atoms with Crippen molar-refractivity contribution < 1.29 is 14.0 Å². The highest BCUT2D eigenvalue weighted by molar-refractivity contribution is 7.98. The number of rotatable bonds is 8. The summed E-state index contributed by atoms with van der Waals surface area (Å²) in [4.78, 5) is 24.8. The molecule has 2 N–H and O–H groups in total. The molecular weight excluding hydrogens is 360 g/mol. The van der Waals surface area contributed by atoms with Gasteiger partial charge in [-0.15, -0.1) is 0 Å². The molecule has 1 heterocycles. The summed E-state index contributed by atoms with van der Waals surface area (Å²) in [7, 11) is 0. The maximum absolute atomic E-state index is 12.6. The van der Waals surface area contributed by atoms with E-state index in [-0.39, 0.29) is 17.7 Å². The van der Waals surface area contributed by atoms with Crippen molar-refractivity contribution in [3.63, 3.8) is 0 Å². The van der Waals surface area contributed by atoms with E-state index >= 15 is 0 Å². The van der Waals surface area contributed by atoms with Crippen molar-refractivity contribution >= 4 is 35.2 Å². The molecule has 0 aliphatic rings. The number of hydrogen-bond donors (Lipinski definition) is 2. The molecule has 2 atom stereocenters. The molecule has 7 heteroatoms. The van der Waals surface area contributed by atoms with E-state index in [1.165, 1.54) is 6.26 Å². The van der Waals surface area contributed by atoms with Crippen LogP contribution < -0.4 is 10.6 Å². The first-order valence-corrected chi connectivity index (χ1v) is 9.67. The van der Waals surface area contributed by atoms with Crippen LogP contribution in [-0.2, 0) is 4.79 Å². The fourth-order valence-electron chi connectivity index (χ4n) is 2.29. The van der Waals surface area contributed by atoms with Gasteiger partial charge >= 0.3 is 0 Å². The minimum absolute atomic E-state index is 0.188. The van der Waals surface area contributed by atoms with Crippen LogP contribution in [0.5, 0.6) is 0 Å². The Balaban J connectivity index is 2.01. The van der Waals surface area contributed by atoms with Crippen molar-refractivity contribution in [3.05, 3.63) is 59.0 Å². The standard InChI is InChI=1S/C18H21ClN2O3S/c1-12(13-5-7-14(19)8-6-13)20-17(22)15(9-11-25-2)21-18(23)16-4-3-10-24-16/h3-8,10,12,15H,9,11H2,1-2H3,(H,20,22)(H,21,23). The second-order valence-electron chi connectivity index (χ2n) is 5.57. The Morgan fingerprint density at radius 3 is 2.52 bits per heavy atom. The highest BCUT2D eigenvalue weighted by Crippen LogP contribution is 2.16. The SMILES string of the molecule is CSCCC(NC(=O)c1ccco1)C(=O)NC(C)c1ccc(Cl)cc1. The van der Waals surface area contributed by atoms with Gasteiger partial charge in [0.25, 0.3) is 5.91 Å². The second kappa shape index (κ2) is 9.53. The van der Waals surface area contributed by atoms with Gasteiger partial charge in [-0.1, -0.05) is 23.7 Å². The minimum Gasteiger partial charge on any atom is -0.459 e. The van der Waals surface area contributed by atoms with E-state index in [9.17, 15) is 9.59 Å². The molecule has 0 radical (unpaired) electrons.